The van der Waals surface area contributed by atoms with E-state index in [9.17, 15) is 0 Å². The molecular formula is C9H19ClO. The Morgan fingerprint density at radius 3 is 2.18 bits per heavy atom. The molecule has 0 bridgehead atoms. The van der Waals surface area contributed by atoms with Crippen molar-refractivity contribution in [3.05, 3.63) is 0 Å². The molecule has 11 heavy (non-hydrogen) atoms. The van der Waals surface area contributed by atoms with Crippen molar-refractivity contribution < 1.29 is 5.11 Å². The van der Waals surface area contributed by atoms with Gasteiger partial charge in [0.25, 0.3) is 0 Å². The second-order valence-electron chi connectivity index (χ2n) is 3.78. The third kappa shape index (κ3) is 6.64. The van der Waals surface area contributed by atoms with Gasteiger partial charge < -0.3 is 5.11 Å². The van der Waals surface area contributed by atoms with Gasteiger partial charge in [-0.1, -0.05) is 13.8 Å². The zero-order valence-electron chi connectivity index (χ0n) is 7.57. The van der Waals surface area contributed by atoms with Gasteiger partial charge in [-0.05, 0) is 31.1 Å². The Labute approximate surface area is 74.8 Å². The maximum Gasteiger partial charge on any atom is 0.0431 e. The van der Waals surface area contributed by atoms with E-state index in [-0.39, 0.29) is 0 Å². The smallest absolute Gasteiger partial charge is 0.0431 e. The van der Waals surface area contributed by atoms with Crippen LogP contribution < -0.4 is 0 Å². The normalized spacial score (nSPS) is 12.0. The van der Waals surface area contributed by atoms with Crippen molar-refractivity contribution in [2.24, 2.45) is 5.41 Å². The van der Waals surface area contributed by atoms with Crippen LogP contribution in [0.3, 0.4) is 0 Å². The van der Waals surface area contributed by atoms with Crippen molar-refractivity contribution in [2.45, 2.75) is 39.5 Å². The summed E-state index contributed by atoms with van der Waals surface area (Å²) in [6.07, 6.45) is 4.26. The van der Waals surface area contributed by atoms with Gasteiger partial charge in [0.2, 0.25) is 0 Å². The van der Waals surface area contributed by atoms with Crippen LogP contribution in [-0.4, -0.2) is 17.6 Å². The Morgan fingerprint density at radius 2 is 1.73 bits per heavy atom. The molecule has 0 aromatic rings. The molecule has 0 saturated carbocycles. The largest absolute Gasteiger partial charge is 0.396 e. The first kappa shape index (κ1) is 11.2. The summed E-state index contributed by atoms with van der Waals surface area (Å²) in [5.74, 6) is 0.753. The van der Waals surface area contributed by atoms with Crippen LogP contribution >= 0.6 is 11.6 Å². The molecule has 0 aliphatic heterocycles. The Bertz CT molecular complexity index is 81.6. The molecule has 1 N–H and O–H groups in total. The monoisotopic (exact) mass is 178 g/mol. The molecule has 68 valence electrons. The number of hydrogen-bond donors (Lipinski definition) is 1. The quantitative estimate of drug-likeness (QED) is 0.621. The van der Waals surface area contributed by atoms with Crippen LogP contribution in [0.5, 0.6) is 0 Å². The second kappa shape index (κ2) is 5.84. The van der Waals surface area contributed by atoms with Gasteiger partial charge in [-0.15, -0.1) is 11.6 Å². The van der Waals surface area contributed by atoms with Crippen LogP contribution in [0.25, 0.3) is 0 Å². The first-order valence-electron chi connectivity index (χ1n) is 4.29. The zero-order chi connectivity index (χ0) is 8.74. The third-order valence-electron chi connectivity index (χ3n) is 2.00. The van der Waals surface area contributed by atoms with E-state index in [0.29, 0.717) is 12.0 Å². The average Bonchev–Trinajstić information content (AvgIpc) is 1.97. The average molecular weight is 179 g/mol. The summed E-state index contributed by atoms with van der Waals surface area (Å²) in [7, 11) is 0. The van der Waals surface area contributed by atoms with E-state index in [1.165, 1.54) is 0 Å². The molecule has 0 saturated heterocycles. The minimum absolute atomic E-state index is 0.310. The second-order valence-corrected chi connectivity index (χ2v) is 4.16. The first-order chi connectivity index (χ1) is 5.12. The summed E-state index contributed by atoms with van der Waals surface area (Å²) in [4.78, 5) is 0. The van der Waals surface area contributed by atoms with Gasteiger partial charge in [0.15, 0.2) is 0 Å². The molecule has 0 rings (SSSR count). The van der Waals surface area contributed by atoms with Gasteiger partial charge in [0.1, 0.15) is 0 Å². The molecule has 0 aliphatic rings. The number of alkyl halides is 1. The van der Waals surface area contributed by atoms with E-state index in [1.54, 1.807) is 0 Å². The van der Waals surface area contributed by atoms with Gasteiger partial charge >= 0.3 is 0 Å². The summed E-state index contributed by atoms with van der Waals surface area (Å²) in [5, 5.41) is 8.63. The fourth-order valence-corrected chi connectivity index (χ4v) is 1.36. The van der Waals surface area contributed by atoms with E-state index >= 15 is 0 Å². The summed E-state index contributed by atoms with van der Waals surface area (Å²) in [5.41, 5.74) is 0.359. The first-order valence-corrected chi connectivity index (χ1v) is 4.83. The van der Waals surface area contributed by atoms with Gasteiger partial charge in [-0.25, -0.2) is 0 Å². The molecule has 0 aliphatic carbocycles. The molecule has 0 fully saturated rings. The van der Waals surface area contributed by atoms with E-state index in [1.807, 2.05) is 0 Å². The SMILES string of the molecule is CC(C)(CCCO)CCCCl. The Morgan fingerprint density at radius 1 is 1.18 bits per heavy atom. The van der Waals surface area contributed by atoms with Crippen LogP contribution in [0.1, 0.15) is 39.5 Å². The van der Waals surface area contributed by atoms with Crippen LogP contribution in [0.15, 0.2) is 0 Å². The molecular weight excluding hydrogens is 160 g/mol. The number of rotatable bonds is 6. The molecule has 0 aromatic carbocycles. The molecule has 0 heterocycles. The maximum absolute atomic E-state index is 8.63. The fraction of sp³-hybridized carbons (Fsp3) is 1.00. The highest BCUT2D eigenvalue weighted by Crippen LogP contribution is 2.27. The maximum atomic E-state index is 8.63. The highest BCUT2D eigenvalue weighted by atomic mass is 35.5. The number of halogens is 1. The zero-order valence-corrected chi connectivity index (χ0v) is 8.32. The lowest BCUT2D eigenvalue weighted by molar-refractivity contribution is 0.231. The lowest BCUT2D eigenvalue weighted by atomic mass is 9.83. The van der Waals surface area contributed by atoms with Crippen molar-refractivity contribution in [3.8, 4) is 0 Å². The van der Waals surface area contributed by atoms with E-state index in [0.717, 1.165) is 31.6 Å². The summed E-state index contributed by atoms with van der Waals surface area (Å²) >= 11 is 5.59. The molecule has 0 aromatic heterocycles. The van der Waals surface area contributed by atoms with E-state index in [4.69, 9.17) is 16.7 Å². The van der Waals surface area contributed by atoms with E-state index in [2.05, 4.69) is 13.8 Å². The van der Waals surface area contributed by atoms with Crippen molar-refractivity contribution in [2.75, 3.05) is 12.5 Å². The van der Waals surface area contributed by atoms with Crippen molar-refractivity contribution in [1.82, 2.24) is 0 Å². The standard InChI is InChI=1S/C9H19ClO/c1-9(2,5-3-7-10)6-4-8-11/h11H,3-8H2,1-2H3. The number of hydrogen-bond acceptors (Lipinski definition) is 1. The van der Waals surface area contributed by atoms with E-state index < -0.39 is 0 Å². The highest BCUT2D eigenvalue weighted by molar-refractivity contribution is 6.17. The van der Waals surface area contributed by atoms with Crippen LogP contribution in [0, 0.1) is 5.41 Å². The minimum atomic E-state index is 0.310. The lowest BCUT2D eigenvalue weighted by Crippen LogP contribution is -2.11. The molecule has 0 unspecified atom stereocenters. The Kier molecular flexibility index (Phi) is 5.98. The van der Waals surface area contributed by atoms with Crippen LogP contribution in [0.4, 0.5) is 0 Å². The van der Waals surface area contributed by atoms with Gasteiger partial charge in [-0.3, -0.25) is 0 Å². The lowest BCUT2D eigenvalue weighted by Gasteiger charge is -2.23. The molecule has 0 radical (unpaired) electrons. The number of aliphatic hydroxyl groups is 1. The molecule has 2 heteroatoms. The van der Waals surface area contributed by atoms with Crippen molar-refractivity contribution in [1.29, 1.82) is 0 Å². The summed E-state index contributed by atoms with van der Waals surface area (Å²) in [6, 6.07) is 0. The molecule has 0 amide bonds. The van der Waals surface area contributed by atoms with Crippen molar-refractivity contribution >= 4 is 11.6 Å². The molecule has 1 nitrogen and oxygen atoms in total. The third-order valence-corrected chi connectivity index (χ3v) is 2.27. The summed E-state index contributed by atoms with van der Waals surface area (Å²) < 4.78 is 0. The van der Waals surface area contributed by atoms with Gasteiger partial charge in [0, 0.05) is 12.5 Å². The van der Waals surface area contributed by atoms with Crippen LogP contribution in [0.2, 0.25) is 0 Å². The Balaban J connectivity index is 3.43. The molecule has 0 spiro atoms. The predicted molar refractivity (Wildman–Crippen MR) is 50.1 cm³/mol. The molecule has 0 atom stereocenters. The Hall–Kier alpha value is 0.250. The van der Waals surface area contributed by atoms with Crippen molar-refractivity contribution in [3.63, 3.8) is 0 Å². The fourth-order valence-electron chi connectivity index (χ4n) is 1.23. The predicted octanol–water partition coefficient (Wildman–Crippen LogP) is 2.80. The topological polar surface area (TPSA) is 20.2 Å². The van der Waals surface area contributed by atoms with Gasteiger partial charge in [0.05, 0.1) is 0 Å². The van der Waals surface area contributed by atoms with Crippen LogP contribution in [-0.2, 0) is 0 Å². The number of aliphatic hydroxyl groups excluding tert-OH is 1. The highest BCUT2D eigenvalue weighted by Gasteiger charge is 2.15. The minimum Gasteiger partial charge on any atom is -0.396 e. The summed E-state index contributed by atoms with van der Waals surface area (Å²) in [6.45, 7) is 4.77. The van der Waals surface area contributed by atoms with Gasteiger partial charge in [-0.2, -0.15) is 0 Å².